The van der Waals surface area contributed by atoms with Crippen molar-refractivity contribution in [2.24, 2.45) is 0 Å². The number of fused-ring (bicyclic) bond motifs is 1. The van der Waals surface area contributed by atoms with E-state index < -0.39 is 4.92 Å². The molecule has 6 heteroatoms. The predicted octanol–water partition coefficient (Wildman–Crippen LogP) is 1.49. The number of rotatable bonds is 3. The molecule has 0 radical (unpaired) electrons. The van der Waals surface area contributed by atoms with E-state index in [0.29, 0.717) is 11.4 Å². The van der Waals surface area contributed by atoms with Gasteiger partial charge in [-0.3, -0.25) is 10.1 Å². The number of ether oxygens (including phenoxy) is 1. The maximum Gasteiger partial charge on any atom is 0.270 e. The summed E-state index contributed by atoms with van der Waals surface area (Å²) in [5, 5.41) is 14.5. The number of aromatic nitrogens is 1. The van der Waals surface area contributed by atoms with Crippen LogP contribution in [0.15, 0.2) is 30.3 Å². The van der Waals surface area contributed by atoms with Crippen LogP contribution in [-0.2, 0) is 0 Å². The third-order valence-corrected chi connectivity index (χ3v) is 2.89. The lowest BCUT2D eigenvalue weighted by atomic mass is 10.2. The van der Waals surface area contributed by atoms with Crippen molar-refractivity contribution in [3.8, 4) is 5.88 Å². The van der Waals surface area contributed by atoms with Gasteiger partial charge >= 0.3 is 0 Å². The minimum Gasteiger partial charge on any atom is -0.472 e. The minimum atomic E-state index is -0.413. The summed E-state index contributed by atoms with van der Waals surface area (Å²) in [6, 6.07) is 8.13. The number of hydrogen-bond acceptors (Lipinski definition) is 5. The molecule has 2 heterocycles. The lowest BCUT2D eigenvalue weighted by molar-refractivity contribution is -0.384. The second kappa shape index (κ2) is 4.23. The van der Waals surface area contributed by atoms with Crippen molar-refractivity contribution in [1.29, 1.82) is 0 Å². The minimum absolute atomic E-state index is 0.0705. The lowest BCUT2D eigenvalue weighted by Gasteiger charge is -2.27. The average molecular weight is 245 g/mol. The fraction of sp³-hybridized carbons (Fsp3) is 0.250. The SMILES string of the molecule is O=[N+]([O-])c1ccc2nc(OC3CNC3)ccc2c1. The second-order valence-electron chi connectivity index (χ2n) is 4.18. The van der Waals surface area contributed by atoms with Crippen LogP contribution in [0, 0.1) is 10.1 Å². The maximum absolute atomic E-state index is 10.7. The summed E-state index contributed by atoms with van der Waals surface area (Å²) >= 11 is 0. The highest BCUT2D eigenvalue weighted by molar-refractivity contribution is 5.81. The van der Waals surface area contributed by atoms with Crippen molar-refractivity contribution in [2.45, 2.75) is 6.10 Å². The first-order valence-electron chi connectivity index (χ1n) is 5.65. The highest BCUT2D eigenvalue weighted by Gasteiger charge is 2.18. The Kier molecular flexibility index (Phi) is 2.56. The molecule has 18 heavy (non-hydrogen) atoms. The molecule has 3 rings (SSSR count). The largest absolute Gasteiger partial charge is 0.472 e. The van der Waals surface area contributed by atoms with Gasteiger partial charge in [0.05, 0.1) is 10.4 Å². The van der Waals surface area contributed by atoms with Crippen LogP contribution in [0.25, 0.3) is 10.9 Å². The molecule has 0 aliphatic carbocycles. The van der Waals surface area contributed by atoms with Crippen molar-refractivity contribution in [1.82, 2.24) is 10.3 Å². The van der Waals surface area contributed by atoms with Gasteiger partial charge in [0.15, 0.2) is 0 Å². The Morgan fingerprint density at radius 3 is 2.83 bits per heavy atom. The van der Waals surface area contributed by atoms with Crippen LogP contribution in [-0.4, -0.2) is 29.1 Å². The Morgan fingerprint density at radius 1 is 1.33 bits per heavy atom. The number of pyridine rings is 1. The molecule has 0 amide bonds. The standard InChI is InChI=1S/C12H11N3O3/c16-15(17)9-2-3-11-8(5-9)1-4-12(14-11)18-10-6-13-7-10/h1-5,10,13H,6-7H2. The molecule has 1 saturated heterocycles. The smallest absolute Gasteiger partial charge is 0.270 e. The first-order chi connectivity index (χ1) is 8.72. The van der Waals surface area contributed by atoms with Gasteiger partial charge in [-0.2, -0.15) is 0 Å². The molecule has 1 aromatic heterocycles. The van der Waals surface area contributed by atoms with Crippen LogP contribution in [0.2, 0.25) is 0 Å². The van der Waals surface area contributed by atoms with E-state index in [4.69, 9.17) is 4.74 Å². The van der Waals surface area contributed by atoms with Crippen molar-refractivity contribution < 1.29 is 9.66 Å². The Bertz CT molecular complexity index is 611. The fourth-order valence-electron chi connectivity index (χ4n) is 1.79. The highest BCUT2D eigenvalue weighted by atomic mass is 16.6. The summed E-state index contributed by atoms with van der Waals surface area (Å²) in [4.78, 5) is 14.6. The van der Waals surface area contributed by atoms with Crippen molar-refractivity contribution in [3.63, 3.8) is 0 Å². The molecule has 1 N–H and O–H groups in total. The van der Waals surface area contributed by atoms with E-state index in [-0.39, 0.29) is 11.8 Å². The first-order valence-corrected chi connectivity index (χ1v) is 5.65. The maximum atomic E-state index is 10.7. The van der Waals surface area contributed by atoms with E-state index in [0.717, 1.165) is 18.5 Å². The summed E-state index contributed by atoms with van der Waals surface area (Å²) in [5.41, 5.74) is 0.770. The molecule has 0 unspecified atom stereocenters. The van der Waals surface area contributed by atoms with E-state index in [1.54, 1.807) is 18.2 Å². The fourth-order valence-corrected chi connectivity index (χ4v) is 1.79. The summed E-state index contributed by atoms with van der Waals surface area (Å²) in [6.45, 7) is 1.67. The molecule has 2 aromatic rings. The van der Waals surface area contributed by atoms with Gasteiger partial charge in [0.1, 0.15) is 6.10 Å². The molecule has 1 aliphatic rings. The predicted molar refractivity (Wildman–Crippen MR) is 65.7 cm³/mol. The van der Waals surface area contributed by atoms with Gasteiger partial charge in [0, 0.05) is 36.7 Å². The number of nitrogens with zero attached hydrogens (tertiary/aromatic N) is 2. The first kappa shape index (κ1) is 10.9. The van der Waals surface area contributed by atoms with Crippen LogP contribution in [0.4, 0.5) is 5.69 Å². The Hall–Kier alpha value is -2.21. The van der Waals surface area contributed by atoms with Gasteiger partial charge < -0.3 is 10.1 Å². The molecular weight excluding hydrogens is 234 g/mol. The number of hydrogen-bond donors (Lipinski definition) is 1. The quantitative estimate of drug-likeness (QED) is 0.654. The van der Waals surface area contributed by atoms with E-state index >= 15 is 0 Å². The Labute approximate surface area is 103 Å². The van der Waals surface area contributed by atoms with Gasteiger partial charge in [-0.1, -0.05) is 0 Å². The van der Waals surface area contributed by atoms with Gasteiger partial charge in [-0.05, 0) is 12.1 Å². The number of nitrogens with one attached hydrogen (secondary N) is 1. The van der Waals surface area contributed by atoms with E-state index in [9.17, 15) is 10.1 Å². The summed E-state index contributed by atoms with van der Waals surface area (Å²) in [7, 11) is 0. The van der Waals surface area contributed by atoms with Crippen molar-refractivity contribution in [3.05, 3.63) is 40.4 Å². The van der Waals surface area contributed by atoms with Crippen molar-refractivity contribution >= 4 is 16.6 Å². The zero-order valence-corrected chi connectivity index (χ0v) is 9.50. The number of benzene rings is 1. The van der Waals surface area contributed by atoms with Crippen molar-refractivity contribution in [2.75, 3.05) is 13.1 Å². The average Bonchev–Trinajstić information content (AvgIpc) is 2.33. The molecule has 0 atom stereocenters. The summed E-state index contributed by atoms with van der Waals surface area (Å²) < 4.78 is 5.63. The lowest BCUT2D eigenvalue weighted by Crippen LogP contribution is -2.50. The van der Waals surface area contributed by atoms with Gasteiger partial charge in [0.25, 0.3) is 5.69 Å². The summed E-state index contributed by atoms with van der Waals surface area (Å²) in [5.74, 6) is 0.558. The van der Waals surface area contributed by atoms with E-state index in [2.05, 4.69) is 10.3 Å². The molecular formula is C12H11N3O3. The normalized spacial score (nSPS) is 15.3. The molecule has 92 valence electrons. The summed E-state index contributed by atoms with van der Waals surface area (Å²) in [6.07, 6.45) is 0.174. The molecule has 0 bridgehead atoms. The van der Waals surface area contributed by atoms with Gasteiger partial charge in [-0.25, -0.2) is 4.98 Å². The topological polar surface area (TPSA) is 77.3 Å². The number of nitro benzene ring substituents is 1. The molecule has 1 aromatic carbocycles. The monoisotopic (exact) mass is 245 g/mol. The molecule has 1 aliphatic heterocycles. The molecule has 0 spiro atoms. The third-order valence-electron chi connectivity index (χ3n) is 2.89. The van der Waals surface area contributed by atoms with Crippen LogP contribution in [0.1, 0.15) is 0 Å². The number of non-ortho nitro benzene ring substituents is 1. The second-order valence-corrected chi connectivity index (χ2v) is 4.18. The van der Waals surface area contributed by atoms with Crippen LogP contribution in [0.3, 0.4) is 0 Å². The van der Waals surface area contributed by atoms with E-state index in [1.165, 1.54) is 12.1 Å². The van der Waals surface area contributed by atoms with Gasteiger partial charge in [0.2, 0.25) is 5.88 Å². The van der Waals surface area contributed by atoms with Crippen LogP contribution >= 0.6 is 0 Å². The number of nitro groups is 1. The zero-order valence-electron chi connectivity index (χ0n) is 9.50. The molecule has 1 fully saturated rings. The third kappa shape index (κ3) is 1.98. The highest BCUT2D eigenvalue weighted by Crippen LogP contribution is 2.22. The van der Waals surface area contributed by atoms with Crippen LogP contribution < -0.4 is 10.1 Å². The van der Waals surface area contributed by atoms with Gasteiger partial charge in [-0.15, -0.1) is 0 Å². The zero-order chi connectivity index (χ0) is 12.5. The Balaban J connectivity index is 1.92. The Morgan fingerprint density at radius 2 is 2.17 bits per heavy atom. The molecule has 0 saturated carbocycles. The van der Waals surface area contributed by atoms with E-state index in [1.807, 2.05) is 0 Å². The van der Waals surface area contributed by atoms with Crippen LogP contribution in [0.5, 0.6) is 5.88 Å². The molecule has 6 nitrogen and oxygen atoms in total.